The monoisotopic (exact) mass is 131 g/mol. The van der Waals surface area contributed by atoms with Gasteiger partial charge in [0.1, 0.15) is 6.04 Å². The Kier molecular flexibility index (Phi) is 7.35. The molecule has 0 radical (unpaired) electrons. The summed E-state index contributed by atoms with van der Waals surface area (Å²) in [4.78, 5) is 9.57. The minimum atomic E-state index is -0.963. The topological polar surface area (TPSA) is 63.3 Å². The van der Waals surface area contributed by atoms with Crippen molar-refractivity contribution in [3.05, 3.63) is 0 Å². The van der Waals surface area contributed by atoms with Gasteiger partial charge in [-0.3, -0.25) is 4.79 Å². The van der Waals surface area contributed by atoms with Gasteiger partial charge in [0, 0.05) is 0 Å². The summed E-state index contributed by atoms with van der Waals surface area (Å²) in [6.07, 6.45) is 0. The van der Waals surface area contributed by atoms with Crippen LogP contribution in [0, 0.1) is 0 Å². The molecule has 0 fully saturated rings. The summed E-state index contributed by atoms with van der Waals surface area (Å²) in [5, 5.41) is 7.87. The Morgan fingerprint density at radius 2 is 2.14 bits per heavy atom. The SMILES string of the molecule is CC(N)C(=O)O.[Ca+2].[H-].[H-]. The van der Waals surface area contributed by atoms with Crippen LogP contribution in [0.4, 0.5) is 0 Å². The van der Waals surface area contributed by atoms with E-state index in [1.807, 2.05) is 0 Å². The van der Waals surface area contributed by atoms with Gasteiger partial charge < -0.3 is 13.7 Å². The molecule has 0 spiro atoms. The van der Waals surface area contributed by atoms with Gasteiger partial charge in [0.2, 0.25) is 0 Å². The first-order valence-electron chi connectivity index (χ1n) is 1.63. The molecule has 3 nitrogen and oxygen atoms in total. The largest absolute Gasteiger partial charge is 2.00 e. The summed E-state index contributed by atoms with van der Waals surface area (Å²) in [6.45, 7) is 1.42. The zero-order chi connectivity index (χ0) is 5.15. The first-order chi connectivity index (χ1) is 2.64. The van der Waals surface area contributed by atoms with E-state index in [1.165, 1.54) is 6.92 Å². The number of hydrogen-bond donors (Lipinski definition) is 2. The van der Waals surface area contributed by atoms with Gasteiger partial charge in [-0.25, -0.2) is 0 Å². The molecule has 0 aromatic heterocycles. The average Bonchev–Trinajstić information content (AvgIpc) is 1.36. The quantitative estimate of drug-likeness (QED) is 0.461. The second kappa shape index (κ2) is 4.84. The van der Waals surface area contributed by atoms with E-state index in [1.54, 1.807) is 0 Å². The van der Waals surface area contributed by atoms with Crippen LogP contribution >= 0.6 is 0 Å². The number of carboxylic acids is 1. The van der Waals surface area contributed by atoms with E-state index >= 15 is 0 Å². The molecule has 0 rings (SSSR count). The number of aliphatic carboxylic acids is 1. The van der Waals surface area contributed by atoms with Gasteiger partial charge in [0.25, 0.3) is 0 Å². The molecule has 0 bridgehead atoms. The molecule has 0 aliphatic carbocycles. The number of nitrogens with two attached hydrogens (primary N) is 1. The van der Waals surface area contributed by atoms with Gasteiger partial charge in [-0.2, -0.15) is 0 Å². The van der Waals surface area contributed by atoms with Crippen molar-refractivity contribution < 1.29 is 12.8 Å². The Labute approximate surface area is 74.9 Å². The summed E-state index contributed by atoms with van der Waals surface area (Å²) in [5.74, 6) is -0.963. The molecule has 1 unspecified atom stereocenters. The second-order valence-electron chi connectivity index (χ2n) is 1.13. The predicted molar refractivity (Wildman–Crippen MR) is 29.3 cm³/mol. The summed E-state index contributed by atoms with van der Waals surface area (Å²) < 4.78 is 0. The van der Waals surface area contributed by atoms with Gasteiger partial charge >= 0.3 is 43.7 Å². The second-order valence-corrected chi connectivity index (χ2v) is 1.13. The molecule has 1 atom stereocenters. The summed E-state index contributed by atoms with van der Waals surface area (Å²) in [7, 11) is 0. The molecule has 7 heavy (non-hydrogen) atoms. The zero-order valence-corrected chi connectivity index (χ0v) is 6.43. The smallest absolute Gasteiger partial charge is 1.00 e. The van der Waals surface area contributed by atoms with Crippen LogP contribution in [0.25, 0.3) is 0 Å². The Hall–Kier alpha value is 0.690. The molecule has 3 N–H and O–H groups in total. The van der Waals surface area contributed by atoms with Crippen LogP contribution in [0.2, 0.25) is 0 Å². The molecule has 0 heterocycles. The number of carboxylic acid groups (broad SMARTS) is 1. The summed E-state index contributed by atoms with van der Waals surface area (Å²) in [6, 6.07) is -0.731. The molecular weight excluding hydrogens is 122 g/mol. The van der Waals surface area contributed by atoms with Crippen molar-refractivity contribution >= 4 is 43.7 Å². The Balaban J connectivity index is -0.0000000417. The van der Waals surface area contributed by atoms with Gasteiger partial charge in [-0.05, 0) is 6.92 Å². The van der Waals surface area contributed by atoms with E-state index < -0.39 is 12.0 Å². The van der Waals surface area contributed by atoms with Crippen molar-refractivity contribution in [2.75, 3.05) is 0 Å². The molecule has 40 valence electrons. The van der Waals surface area contributed by atoms with Crippen molar-refractivity contribution in [3.8, 4) is 0 Å². The molecule has 0 aromatic rings. The standard InChI is InChI=1S/C3H7NO2.Ca.2H/c1-2(4)3(5)6;;;/h2H,4H2,1H3,(H,5,6);;;/q;+2;2*-1. The van der Waals surface area contributed by atoms with Crippen molar-refractivity contribution in [3.63, 3.8) is 0 Å². The van der Waals surface area contributed by atoms with Crippen LogP contribution in [0.5, 0.6) is 0 Å². The predicted octanol–water partition coefficient (Wildman–Crippen LogP) is -0.738. The van der Waals surface area contributed by atoms with Crippen molar-refractivity contribution in [2.45, 2.75) is 13.0 Å². The minimum Gasteiger partial charge on any atom is -1.00 e. The molecule has 0 saturated heterocycles. The maximum Gasteiger partial charge on any atom is 2.00 e. The van der Waals surface area contributed by atoms with Gasteiger partial charge in [-0.15, -0.1) is 0 Å². The molecule has 0 aromatic carbocycles. The number of hydrogen-bond acceptors (Lipinski definition) is 2. The van der Waals surface area contributed by atoms with Crippen LogP contribution in [-0.4, -0.2) is 54.9 Å². The molecule has 0 aliphatic rings. The van der Waals surface area contributed by atoms with Crippen LogP contribution in [0.3, 0.4) is 0 Å². The molecular formula is C3H9CaNO2. The van der Waals surface area contributed by atoms with E-state index in [2.05, 4.69) is 0 Å². The van der Waals surface area contributed by atoms with Crippen molar-refractivity contribution in [1.82, 2.24) is 0 Å². The van der Waals surface area contributed by atoms with Crippen molar-refractivity contribution in [2.24, 2.45) is 5.73 Å². The van der Waals surface area contributed by atoms with E-state index in [4.69, 9.17) is 10.8 Å². The number of carbonyl (C=O) groups is 1. The first kappa shape index (κ1) is 10.6. The fraction of sp³-hybridized carbons (Fsp3) is 0.667. The van der Waals surface area contributed by atoms with Crippen LogP contribution in [-0.2, 0) is 4.79 Å². The Morgan fingerprint density at radius 3 is 2.14 bits per heavy atom. The zero-order valence-electron chi connectivity index (χ0n) is 6.22. The van der Waals surface area contributed by atoms with Crippen molar-refractivity contribution in [1.29, 1.82) is 0 Å². The van der Waals surface area contributed by atoms with E-state index in [0.29, 0.717) is 0 Å². The average molecular weight is 131 g/mol. The van der Waals surface area contributed by atoms with Crippen LogP contribution in [0.15, 0.2) is 0 Å². The van der Waals surface area contributed by atoms with E-state index in [-0.39, 0.29) is 40.6 Å². The maximum atomic E-state index is 9.57. The van der Waals surface area contributed by atoms with Crippen LogP contribution < -0.4 is 5.73 Å². The van der Waals surface area contributed by atoms with E-state index in [0.717, 1.165) is 0 Å². The number of rotatable bonds is 1. The molecule has 4 heteroatoms. The third-order valence-electron chi connectivity index (χ3n) is 0.390. The third-order valence-corrected chi connectivity index (χ3v) is 0.390. The molecule has 0 aliphatic heterocycles. The van der Waals surface area contributed by atoms with Gasteiger partial charge in [0.05, 0.1) is 0 Å². The first-order valence-corrected chi connectivity index (χ1v) is 1.63. The summed E-state index contributed by atoms with van der Waals surface area (Å²) in [5.41, 5.74) is 4.84. The van der Waals surface area contributed by atoms with Crippen LogP contribution in [0.1, 0.15) is 9.78 Å². The normalized spacial score (nSPS) is 11.7. The van der Waals surface area contributed by atoms with E-state index in [9.17, 15) is 4.79 Å². The Bertz CT molecular complexity index is 70.8. The van der Waals surface area contributed by atoms with Gasteiger partial charge in [-0.1, -0.05) is 0 Å². The fourth-order valence-corrected chi connectivity index (χ4v) is 0. The van der Waals surface area contributed by atoms with Gasteiger partial charge in [0.15, 0.2) is 0 Å². The maximum absolute atomic E-state index is 9.57. The Morgan fingerprint density at radius 1 is 2.00 bits per heavy atom. The molecule has 0 saturated carbocycles. The fourth-order valence-electron chi connectivity index (χ4n) is 0. The summed E-state index contributed by atoms with van der Waals surface area (Å²) >= 11 is 0. The molecule has 0 amide bonds. The minimum absolute atomic E-state index is 0. The third kappa shape index (κ3) is 6.69.